The average molecular weight is 352 g/mol. The zero-order valence-electron chi connectivity index (χ0n) is 13.2. The number of pyridine rings is 1. The minimum absolute atomic E-state index is 0.0376. The van der Waals surface area contributed by atoms with E-state index >= 15 is 0 Å². The molecule has 0 fully saturated rings. The molecule has 3 aromatic rings. The third-order valence-corrected chi connectivity index (χ3v) is 4.09. The van der Waals surface area contributed by atoms with E-state index in [0.717, 1.165) is 11.1 Å². The smallest absolute Gasteiger partial charge is 0.257 e. The molecular weight excluding hydrogens is 338 g/mol. The number of H-pyrrole nitrogens is 1. The van der Waals surface area contributed by atoms with Crippen LogP contribution in [0.15, 0.2) is 53.5 Å². The number of carbonyl (C=O) groups excluding carboxylic acids is 1. The van der Waals surface area contributed by atoms with Crippen molar-refractivity contribution in [1.82, 2.24) is 10.3 Å². The predicted molar refractivity (Wildman–Crippen MR) is 96.5 cm³/mol. The quantitative estimate of drug-likeness (QED) is 0.757. The lowest BCUT2D eigenvalue weighted by atomic mass is 10.1. The number of hydrogen-bond acceptors (Lipinski definition) is 3. The van der Waals surface area contributed by atoms with Crippen molar-refractivity contribution in [2.45, 2.75) is 13.0 Å². The molecule has 0 saturated carbocycles. The topological polar surface area (TPSA) is 85.8 Å². The zero-order valence-corrected chi connectivity index (χ0v) is 13.9. The van der Waals surface area contributed by atoms with Gasteiger partial charge in [0.2, 0.25) is 5.43 Å². The van der Waals surface area contributed by atoms with Crippen LogP contribution in [0.3, 0.4) is 0 Å². The van der Waals surface area contributed by atoms with Gasteiger partial charge in [0, 0.05) is 28.7 Å². The SMILES string of the molecule is N#CCc1ccc2[nH]cc(C(=O)NCc3ccc(Cl)cc3)c(=O)c2c1. The fourth-order valence-corrected chi connectivity index (χ4v) is 2.64. The van der Waals surface area contributed by atoms with E-state index in [1.807, 2.05) is 6.07 Å². The maximum atomic E-state index is 12.6. The van der Waals surface area contributed by atoms with Gasteiger partial charge in [0.15, 0.2) is 0 Å². The van der Waals surface area contributed by atoms with Crippen molar-refractivity contribution in [1.29, 1.82) is 5.26 Å². The number of fused-ring (bicyclic) bond motifs is 1. The Hall–Kier alpha value is -3.10. The molecule has 0 radical (unpaired) electrons. The van der Waals surface area contributed by atoms with Gasteiger partial charge in [-0.25, -0.2) is 0 Å². The molecule has 3 rings (SSSR count). The van der Waals surface area contributed by atoms with E-state index in [4.69, 9.17) is 16.9 Å². The van der Waals surface area contributed by atoms with Crippen molar-refractivity contribution in [3.8, 4) is 6.07 Å². The third-order valence-electron chi connectivity index (χ3n) is 3.84. The summed E-state index contributed by atoms with van der Waals surface area (Å²) in [6, 6.07) is 14.3. The lowest BCUT2D eigenvalue weighted by Gasteiger charge is -2.07. The zero-order chi connectivity index (χ0) is 17.8. The van der Waals surface area contributed by atoms with Gasteiger partial charge < -0.3 is 10.3 Å². The largest absolute Gasteiger partial charge is 0.360 e. The monoisotopic (exact) mass is 351 g/mol. The van der Waals surface area contributed by atoms with Crippen LogP contribution in [0, 0.1) is 11.3 Å². The summed E-state index contributed by atoms with van der Waals surface area (Å²) < 4.78 is 0. The van der Waals surface area contributed by atoms with Crippen LogP contribution in [0.5, 0.6) is 0 Å². The Morgan fingerprint density at radius 1 is 1.16 bits per heavy atom. The van der Waals surface area contributed by atoms with Gasteiger partial charge in [0.05, 0.1) is 12.5 Å². The van der Waals surface area contributed by atoms with Crippen molar-refractivity contribution < 1.29 is 4.79 Å². The first-order valence-corrected chi connectivity index (χ1v) is 8.00. The molecule has 1 amide bonds. The first-order chi connectivity index (χ1) is 12.1. The minimum atomic E-state index is -0.455. The molecule has 0 aliphatic heterocycles. The van der Waals surface area contributed by atoms with Crippen molar-refractivity contribution in [2.75, 3.05) is 0 Å². The number of nitrogens with zero attached hydrogens (tertiary/aromatic N) is 1. The molecule has 2 N–H and O–H groups in total. The van der Waals surface area contributed by atoms with E-state index in [-0.39, 0.29) is 17.4 Å². The Bertz CT molecular complexity index is 1030. The summed E-state index contributed by atoms with van der Waals surface area (Å²) in [6.45, 7) is 0.294. The molecule has 0 spiro atoms. The van der Waals surface area contributed by atoms with Gasteiger partial charge in [0.25, 0.3) is 5.91 Å². The summed E-state index contributed by atoms with van der Waals surface area (Å²) in [5, 5.41) is 12.5. The van der Waals surface area contributed by atoms with Crippen LogP contribution in [0.4, 0.5) is 0 Å². The fourth-order valence-electron chi connectivity index (χ4n) is 2.52. The normalized spacial score (nSPS) is 10.4. The molecule has 5 nitrogen and oxygen atoms in total. The minimum Gasteiger partial charge on any atom is -0.360 e. The number of nitrogens with one attached hydrogen (secondary N) is 2. The molecule has 1 heterocycles. The number of aromatic amines is 1. The summed E-state index contributed by atoms with van der Waals surface area (Å²) in [5.74, 6) is -0.455. The second-order valence-corrected chi connectivity index (χ2v) is 5.99. The van der Waals surface area contributed by atoms with Gasteiger partial charge in [-0.3, -0.25) is 9.59 Å². The molecule has 0 aliphatic carbocycles. The predicted octanol–water partition coefficient (Wildman–Crippen LogP) is 3.18. The van der Waals surface area contributed by atoms with Crippen molar-refractivity contribution >= 4 is 28.4 Å². The van der Waals surface area contributed by atoms with E-state index in [1.54, 1.807) is 42.5 Å². The summed E-state index contributed by atoms with van der Waals surface area (Å²) >= 11 is 5.83. The highest BCUT2D eigenvalue weighted by molar-refractivity contribution is 6.30. The van der Waals surface area contributed by atoms with E-state index in [1.165, 1.54) is 6.20 Å². The third kappa shape index (κ3) is 3.70. The Morgan fingerprint density at radius 2 is 1.88 bits per heavy atom. The molecule has 0 atom stereocenters. The average Bonchev–Trinajstić information content (AvgIpc) is 2.62. The second-order valence-electron chi connectivity index (χ2n) is 5.56. The lowest BCUT2D eigenvalue weighted by Crippen LogP contribution is -2.28. The highest BCUT2D eigenvalue weighted by Gasteiger charge is 2.13. The van der Waals surface area contributed by atoms with E-state index in [2.05, 4.69) is 10.3 Å². The van der Waals surface area contributed by atoms with Gasteiger partial charge in [-0.1, -0.05) is 29.8 Å². The molecule has 0 bridgehead atoms. The lowest BCUT2D eigenvalue weighted by molar-refractivity contribution is 0.0949. The number of amides is 1. The van der Waals surface area contributed by atoms with Crippen LogP contribution in [-0.2, 0) is 13.0 Å². The summed E-state index contributed by atoms with van der Waals surface area (Å²) in [6.07, 6.45) is 1.62. The maximum Gasteiger partial charge on any atom is 0.257 e. The molecule has 0 unspecified atom stereocenters. The first-order valence-electron chi connectivity index (χ1n) is 7.62. The molecule has 25 heavy (non-hydrogen) atoms. The molecule has 0 saturated heterocycles. The van der Waals surface area contributed by atoms with Crippen LogP contribution >= 0.6 is 11.6 Å². The highest BCUT2D eigenvalue weighted by atomic mass is 35.5. The van der Waals surface area contributed by atoms with E-state index < -0.39 is 5.91 Å². The van der Waals surface area contributed by atoms with Gasteiger partial charge >= 0.3 is 0 Å². The number of nitriles is 1. The summed E-state index contributed by atoms with van der Waals surface area (Å²) in [4.78, 5) is 27.9. The van der Waals surface area contributed by atoms with Gasteiger partial charge in [0.1, 0.15) is 5.56 Å². The van der Waals surface area contributed by atoms with Crippen LogP contribution in [0.2, 0.25) is 5.02 Å². The molecule has 0 aliphatic rings. The number of benzene rings is 2. The molecular formula is C19H14ClN3O2. The van der Waals surface area contributed by atoms with Crippen molar-refractivity contribution in [2.24, 2.45) is 0 Å². The van der Waals surface area contributed by atoms with Gasteiger partial charge in [-0.2, -0.15) is 5.26 Å². The van der Waals surface area contributed by atoms with Crippen LogP contribution in [0.1, 0.15) is 21.5 Å². The van der Waals surface area contributed by atoms with E-state index in [0.29, 0.717) is 22.5 Å². The van der Waals surface area contributed by atoms with Crippen LogP contribution in [-0.4, -0.2) is 10.9 Å². The number of carbonyl (C=O) groups is 1. The van der Waals surface area contributed by atoms with Crippen LogP contribution in [0.25, 0.3) is 10.9 Å². The molecule has 2 aromatic carbocycles. The fraction of sp³-hybridized carbons (Fsp3) is 0.105. The molecule has 124 valence electrons. The summed E-state index contributed by atoms with van der Waals surface area (Å²) in [7, 11) is 0. The Morgan fingerprint density at radius 3 is 2.60 bits per heavy atom. The molecule has 6 heteroatoms. The number of aromatic nitrogens is 1. The standard InChI is InChI=1S/C19H14ClN3O2/c20-14-4-1-13(2-5-14)10-23-19(25)16-11-22-17-6-3-12(7-8-21)9-15(17)18(16)24/h1-6,9,11H,7,10H2,(H,22,24)(H,23,25). The van der Waals surface area contributed by atoms with E-state index in [9.17, 15) is 9.59 Å². The first kappa shape index (κ1) is 16.7. The molecule has 1 aromatic heterocycles. The number of hydrogen-bond donors (Lipinski definition) is 2. The number of halogens is 1. The highest BCUT2D eigenvalue weighted by Crippen LogP contribution is 2.12. The van der Waals surface area contributed by atoms with Crippen molar-refractivity contribution in [3.63, 3.8) is 0 Å². The maximum absolute atomic E-state index is 12.6. The number of rotatable bonds is 4. The Labute approximate surface area is 148 Å². The van der Waals surface area contributed by atoms with Crippen molar-refractivity contribution in [3.05, 3.63) is 80.6 Å². The van der Waals surface area contributed by atoms with Gasteiger partial charge in [-0.15, -0.1) is 0 Å². The summed E-state index contributed by atoms with van der Waals surface area (Å²) in [5.41, 5.74) is 1.92. The Balaban J connectivity index is 1.85. The second kappa shape index (κ2) is 7.20. The Kier molecular flexibility index (Phi) is 4.82. The van der Waals surface area contributed by atoms with Crippen LogP contribution < -0.4 is 10.7 Å². The van der Waals surface area contributed by atoms with Gasteiger partial charge in [-0.05, 0) is 35.4 Å².